The van der Waals surface area contributed by atoms with Gasteiger partial charge in [0.2, 0.25) is 0 Å². The zero-order chi connectivity index (χ0) is 14.7. The highest BCUT2D eigenvalue weighted by Crippen LogP contribution is 2.18. The molecule has 1 unspecified atom stereocenters. The third kappa shape index (κ3) is 3.78. The van der Waals surface area contributed by atoms with Gasteiger partial charge in [-0.1, -0.05) is 0 Å². The third-order valence-electron chi connectivity index (χ3n) is 3.47. The Bertz CT molecular complexity index is 464. The average Bonchev–Trinajstić information content (AvgIpc) is 2.84. The molecule has 1 aromatic rings. The Morgan fingerprint density at radius 3 is 2.90 bits per heavy atom. The Labute approximate surface area is 122 Å². The number of rotatable bonds is 5. The van der Waals surface area contributed by atoms with Gasteiger partial charge in [-0.05, 0) is 40.3 Å². The van der Waals surface area contributed by atoms with Gasteiger partial charge < -0.3 is 10.3 Å². The molecule has 1 aromatic heterocycles. The topological polar surface area (TPSA) is 73.6 Å². The van der Waals surface area contributed by atoms with Crippen LogP contribution in [-0.4, -0.2) is 54.0 Å². The molecule has 0 aromatic carbocycles. The van der Waals surface area contributed by atoms with Crippen molar-refractivity contribution in [3.63, 3.8) is 0 Å². The molecule has 0 saturated carbocycles. The van der Waals surface area contributed by atoms with E-state index < -0.39 is 11.3 Å². The molecule has 8 heteroatoms. The summed E-state index contributed by atoms with van der Waals surface area (Å²) in [5, 5.41) is 4.22. The first-order valence-corrected chi connectivity index (χ1v) is 7.93. The number of likely N-dealkylation sites (N-methyl/N-ethyl adjacent to an activating group) is 1. The van der Waals surface area contributed by atoms with Crippen molar-refractivity contribution in [1.29, 1.82) is 0 Å². The SMILES string of the molecule is CC(C)n1cc(NN([C@H]2CCCN(C)C2)S(=O)O)cn1. The number of anilines is 1. The Morgan fingerprint density at radius 1 is 1.60 bits per heavy atom. The van der Waals surface area contributed by atoms with E-state index in [1.54, 1.807) is 6.20 Å². The van der Waals surface area contributed by atoms with Gasteiger partial charge in [-0.25, -0.2) is 4.21 Å². The zero-order valence-electron chi connectivity index (χ0n) is 12.2. The molecule has 2 atom stereocenters. The minimum atomic E-state index is -2.06. The highest BCUT2D eigenvalue weighted by molar-refractivity contribution is 7.76. The molecule has 0 amide bonds. The van der Waals surface area contributed by atoms with E-state index in [2.05, 4.69) is 15.4 Å². The number of hydrogen-bond acceptors (Lipinski definition) is 4. The molecule has 2 heterocycles. The number of nitrogens with one attached hydrogen (secondary N) is 1. The molecule has 114 valence electrons. The summed E-state index contributed by atoms with van der Waals surface area (Å²) in [5.41, 5.74) is 3.75. The Kier molecular flexibility index (Phi) is 5.14. The van der Waals surface area contributed by atoms with Gasteiger partial charge in [-0.15, -0.1) is 4.41 Å². The minimum Gasteiger partial charge on any atom is -0.305 e. The third-order valence-corrected chi connectivity index (χ3v) is 4.20. The monoisotopic (exact) mass is 301 g/mol. The lowest BCUT2D eigenvalue weighted by atomic mass is 10.1. The highest BCUT2D eigenvalue weighted by Gasteiger charge is 2.27. The van der Waals surface area contributed by atoms with E-state index in [0.29, 0.717) is 0 Å². The molecule has 0 aliphatic carbocycles. The van der Waals surface area contributed by atoms with Crippen LogP contribution in [0.1, 0.15) is 32.7 Å². The number of aromatic nitrogens is 2. The summed E-state index contributed by atoms with van der Waals surface area (Å²) in [6, 6.07) is 0.279. The van der Waals surface area contributed by atoms with Crippen molar-refractivity contribution in [2.24, 2.45) is 0 Å². The van der Waals surface area contributed by atoms with E-state index in [1.807, 2.05) is 31.8 Å². The fourth-order valence-corrected chi connectivity index (χ4v) is 3.00. The van der Waals surface area contributed by atoms with Gasteiger partial charge in [0.1, 0.15) is 0 Å². The lowest BCUT2D eigenvalue weighted by molar-refractivity contribution is 0.185. The van der Waals surface area contributed by atoms with Gasteiger partial charge in [0.05, 0.1) is 17.9 Å². The van der Waals surface area contributed by atoms with Gasteiger partial charge in [0.15, 0.2) is 0 Å². The lowest BCUT2D eigenvalue weighted by Gasteiger charge is -2.35. The maximum Gasteiger partial charge on any atom is 0.253 e. The Balaban J connectivity index is 2.06. The normalized spacial score (nSPS) is 22.4. The van der Waals surface area contributed by atoms with Gasteiger partial charge >= 0.3 is 0 Å². The van der Waals surface area contributed by atoms with E-state index in [0.717, 1.165) is 31.6 Å². The first kappa shape index (κ1) is 15.4. The van der Waals surface area contributed by atoms with Gasteiger partial charge in [0.25, 0.3) is 11.3 Å². The summed E-state index contributed by atoms with van der Waals surface area (Å²) in [7, 11) is 2.03. The van der Waals surface area contributed by atoms with Crippen LogP contribution in [0.5, 0.6) is 0 Å². The fraction of sp³-hybridized carbons (Fsp3) is 0.750. The van der Waals surface area contributed by atoms with E-state index in [-0.39, 0.29) is 12.1 Å². The average molecular weight is 301 g/mol. The molecule has 7 nitrogen and oxygen atoms in total. The van der Waals surface area contributed by atoms with Crippen LogP contribution in [0.2, 0.25) is 0 Å². The zero-order valence-corrected chi connectivity index (χ0v) is 13.0. The molecule has 1 aliphatic heterocycles. The molecule has 1 aliphatic rings. The van der Waals surface area contributed by atoms with Crippen molar-refractivity contribution in [1.82, 2.24) is 19.1 Å². The van der Waals surface area contributed by atoms with Crippen molar-refractivity contribution in [2.45, 2.75) is 38.8 Å². The number of likely N-dealkylation sites (tertiary alicyclic amines) is 1. The number of hydrogen-bond donors (Lipinski definition) is 2. The predicted molar refractivity (Wildman–Crippen MR) is 79.4 cm³/mol. The Morgan fingerprint density at radius 2 is 2.35 bits per heavy atom. The minimum absolute atomic E-state index is 0.0157. The molecule has 1 fully saturated rings. The van der Waals surface area contributed by atoms with Crippen LogP contribution < -0.4 is 5.43 Å². The van der Waals surface area contributed by atoms with Crippen LogP contribution >= 0.6 is 0 Å². The predicted octanol–water partition coefficient (Wildman–Crippen LogP) is 1.32. The first-order valence-electron chi connectivity index (χ1n) is 6.87. The molecule has 2 rings (SSSR count). The molecule has 0 bridgehead atoms. The van der Waals surface area contributed by atoms with E-state index in [9.17, 15) is 8.76 Å². The molecule has 1 saturated heterocycles. The van der Waals surface area contributed by atoms with Crippen LogP contribution in [0.3, 0.4) is 0 Å². The van der Waals surface area contributed by atoms with Crippen molar-refractivity contribution in [3.8, 4) is 0 Å². The molecular weight excluding hydrogens is 278 g/mol. The smallest absolute Gasteiger partial charge is 0.253 e. The van der Waals surface area contributed by atoms with Crippen LogP contribution in [0, 0.1) is 0 Å². The summed E-state index contributed by atoms with van der Waals surface area (Å²) in [4.78, 5) is 2.17. The van der Waals surface area contributed by atoms with Crippen LogP contribution in [0.25, 0.3) is 0 Å². The second kappa shape index (κ2) is 6.66. The van der Waals surface area contributed by atoms with Gasteiger partial charge in [-0.2, -0.15) is 5.10 Å². The standard InChI is InChI=1S/C12H23N5O2S/c1-10(2)16-8-11(7-13-16)14-17(20(18)19)12-5-4-6-15(3)9-12/h7-8,10,12,14H,4-6,9H2,1-3H3,(H,18,19)/t12-/m0/s1. The summed E-state index contributed by atoms with van der Waals surface area (Å²) < 4.78 is 24.3. The maximum atomic E-state index is 11.6. The molecule has 0 spiro atoms. The number of hydrazine groups is 1. The van der Waals surface area contributed by atoms with Gasteiger partial charge in [-0.3, -0.25) is 9.23 Å². The largest absolute Gasteiger partial charge is 0.305 e. The van der Waals surface area contributed by atoms with Gasteiger partial charge in [0, 0.05) is 18.8 Å². The summed E-state index contributed by atoms with van der Waals surface area (Å²) in [5.74, 6) is 0. The Hall–Kier alpha value is -0.960. The van der Waals surface area contributed by atoms with Crippen molar-refractivity contribution >= 4 is 17.0 Å². The molecule has 0 radical (unpaired) electrons. The summed E-state index contributed by atoms with van der Waals surface area (Å²) in [6.45, 7) is 5.88. The van der Waals surface area contributed by atoms with E-state index >= 15 is 0 Å². The fourth-order valence-electron chi connectivity index (χ4n) is 2.39. The van der Waals surface area contributed by atoms with E-state index in [4.69, 9.17) is 0 Å². The van der Waals surface area contributed by atoms with Crippen molar-refractivity contribution < 1.29 is 8.76 Å². The van der Waals surface area contributed by atoms with Crippen LogP contribution in [-0.2, 0) is 11.3 Å². The van der Waals surface area contributed by atoms with Crippen molar-refractivity contribution in [3.05, 3.63) is 12.4 Å². The quantitative estimate of drug-likeness (QED) is 0.634. The van der Waals surface area contributed by atoms with Crippen molar-refractivity contribution in [2.75, 3.05) is 25.6 Å². The summed E-state index contributed by atoms with van der Waals surface area (Å²) >= 11 is -2.06. The molecule has 20 heavy (non-hydrogen) atoms. The van der Waals surface area contributed by atoms with Crippen LogP contribution in [0.15, 0.2) is 12.4 Å². The summed E-state index contributed by atoms with van der Waals surface area (Å²) in [6.07, 6.45) is 5.45. The lowest BCUT2D eigenvalue weighted by Crippen LogP contribution is -2.49. The number of piperidine rings is 1. The first-order chi connectivity index (χ1) is 9.47. The second-order valence-electron chi connectivity index (χ2n) is 5.53. The maximum absolute atomic E-state index is 11.6. The number of nitrogens with zero attached hydrogens (tertiary/aromatic N) is 4. The second-order valence-corrected chi connectivity index (χ2v) is 6.38. The van der Waals surface area contributed by atoms with E-state index in [1.165, 1.54) is 4.41 Å². The highest BCUT2D eigenvalue weighted by atomic mass is 32.2. The van der Waals surface area contributed by atoms with Crippen LogP contribution in [0.4, 0.5) is 5.69 Å². The molecular formula is C12H23N5O2S. The molecule has 2 N–H and O–H groups in total.